The van der Waals surface area contributed by atoms with E-state index in [0.29, 0.717) is 11.0 Å². The first-order chi connectivity index (χ1) is 11.4. The van der Waals surface area contributed by atoms with Crippen LogP contribution in [0, 0.1) is 19.8 Å². The summed E-state index contributed by atoms with van der Waals surface area (Å²) in [5, 5.41) is 8.04. The zero-order valence-electron chi connectivity index (χ0n) is 14.2. The minimum atomic E-state index is 0.504. The molecule has 0 saturated carbocycles. The molecular weight excluding hydrogens is 356 g/mol. The number of aryl methyl sites for hydroxylation is 2. The summed E-state index contributed by atoms with van der Waals surface area (Å²) in [7, 11) is 0. The molecule has 0 saturated heterocycles. The number of thiocarbonyl (C=S) groups is 1. The van der Waals surface area contributed by atoms with Gasteiger partial charge >= 0.3 is 0 Å². The Kier molecular flexibility index (Phi) is 7.40. The Labute approximate surface area is 159 Å². The number of benzene rings is 2. The Bertz CT molecular complexity index is 686. The first-order valence-corrected chi connectivity index (χ1v) is 9.71. The standard InChI is InChI=1S/C19H23ClN2S2/c1-13-4-5-15(3)18(10-13)22-19(23)21-11-14(2)12-24-17-8-6-16(20)7-9-17/h4-10,14H,11-12H2,1-3H3,(H2,21,22,23). The minimum absolute atomic E-state index is 0.504. The number of rotatable bonds is 6. The van der Waals surface area contributed by atoms with Gasteiger partial charge in [-0.15, -0.1) is 11.8 Å². The Morgan fingerprint density at radius 1 is 1.17 bits per heavy atom. The molecule has 0 aliphatic carbocycles. The number of thioether (sulfide) groups is 1. The van der Waals surface area contributed by atoms with Crippen LogP contribution in [0.4, 0.5) is 5.69 Å². The van der Waals surface area contributed by atoms with Crippen molar-refractivity contribution in [2.24, 2.45) is 5.92 Å². The topological polar surface area (TPSA) is 24.1 Å². The van der Waals surface area contributed by atoms with Crippen LogP contribution in [-0.4, -0.2) is 17.4 Å². The molecule has 0 heterocycles. The lowest BCUT2D eigenvalue weighted by Gasteiger charge is -2.16. The van der Waals surface area contributed by atoms with Gasteiger partial charge < -0.3 is 10.6 Å². The zero-order chi connectivity index (χ0) is 17.5. The first kappa shape index (κ1) is 19.1. The Hall–Kier alpha value is -1.23. The number of hydrogen-bond donors (Lipinski definition) is 2. The molecule has 2 aromatic rings. The molecule has 0 fully saturated rings. The summed E-state index contributed by atoms with van der Waals surface area (Å²) in [6.45, 7) is 7.22. The molecule has 0 amide bonds. The molecule has 0 aliphatic rings. The van der Waals surface area contributed by atoms with Gasteiger partial charge in [0, 0.05) is 27.9 Å². The van der Waals surface area contributed by atoms with E-state index in [1.807, 2.05) is 23.9 Å². The van der Waals surface area contributed by atoms with Crippen molar-refractivity contribution < 1.29 is 0 Å². The molecule has 24 heavy (non-hydrogen) atoms. The molecule has 0 radical (unpaired) electrons. The van der Waals surface area contributed by atoms with Crippen molar-refractivity contribution in [3.63, 3.8) is 0 Å². The van der Waals surface area contributed by atoms with Gasteiger partial charge in [-0.25, -0.2) is 0 Å². The number of anilines is 1. The number of hydrogen-bond acceptors (Lipinski definition) is 2. The molecule has 2 nitrogen and oxygen atoms in total. The van der Waals surface area contributed by atoms with E-state index in [9.17, 15) is 0 Å². The van der Waals surface area contributed by atoms with Crippen molar-refractivity contribution in [2.45, 2.75) is 25.7 Å². The van der Waals surface area contributed by atoms with Crippen molar-refractivity contribution in [2.75, 3.05) is 17.6 Å². The highest BCUT2D eigenvalue weighted by Crippen LogP contribution is 2.22. The van der Waals surface area contributed by atoms with E-state index >= 15 is 0 Å². The molecule has 0 aromatic heterocycles. The van der Waals surface area contributed by atoms with Crippen molar-refractivity contribution in [1.29, 1.82) is 0 Å². The summed E-state index contributed by atoms with van der Waals surface area (Å²) in [6.07, 6.45) is 0. The molecule has 0 spiro atoms. The van der Waals surface area contributed by atoms with Crippen LogP contribution in [0.5, 0.6) is 0 Å². The molecule has 0 bridgehead atoms. The Balaban J connectivity index is 1.74. The third kappa shape index (κ3) is 6.34. The summed E-state index contributed by atoms with van der Waals surface area (Å²) in [5.74, 6) is 1.53. The fourth-order valence-corrected chi connectivity index (χ4v) is 3.37. The van der Waals surface area contributed by atoms with E-state index in [4.69, 9.17) is 23.8 Å². The maximum atomic E-state index is 5.91. The Morgan fingerprint density at radius 2 is 1.88 bits per heavy atom. The monoisotopic (exact) mass is 378 g/mol. The lowest BCUT2D eigenvalue weighted by molar-refractivity contribution is 0.637. The van der Waals surface area contributed by atoms with Gasteiger partial charge in [-0.1, -0.05) is 30.7 Å². The third-order valence-corrected chi connectivity index (χ3v) is 5.44. The summed E-state index contributed by atoms with van der Waals surface area (Å²) >= 11 is 13.1. The zero-order valence-corrected chi connectivity index (χ0v) is 16.6. The molecule has 1 atom stereocenters. The van der Waals surface area contributed by atoms with Crippen LogP contribution in [0.1, 0.15) is 18.1 Å². The van der Waals surface area contributed by atoms with Gasteiger partial charge in [-0.05, 0) is 73.4 Å². The summed E-state index contributed by atoms with van der Waals surface area (Å²) in [4.78, 5) is 1.24. The smallest absolute Gasteiger partial charge is 0.170 e. The fourth-order valence-electron chi connectivity index (χ4n) is 2.13. The van der Waals surface area contributed by atoms with Gasteiger partial charge in [0.2, 0.25) is 0 Å². The van der Waals surface area contributed by atoms with Gasteiger partial charge in [0.25, 0.3) is 0 Å². The average molecular weight is 379 g/mol. The number of nitrogens with one attached hydrogen (secondary N) is 2. The maximum Gasteiger partial charge on any atom is 0.170 e. The van der Waals surface area contributed by atoms with Crippen LogP contribution >= 0.6 is 35.6 Å². The van der Waals surface area contributed by atoms with Crippen molar-refractivity contribution >= 4 is 46.4 Å². The SMILES string of the molecule is Cc1ccc(C)c(NC(=S)NCC(C)CSc2ccc(Cl)cc2)c1. The summed E-state index contributed by atoms with van der Waals surface area (Å²) in [6, 6.07) is 14.3. The molecule has 0 aliphatic heterocycles. The van der Waals surface area contributed by atoms with Crippen LogP contribution in [0.15, 0.2) is 47.4 Å². The average Bonchev–Trinajstić information content (AvgIpc) is 2.56. The van der Waals surface area contributed by atoms with Crippen molar-refractivity contribution in [1.82, 2.24) is 5.32 Å². The van der Waals surface area contributed by atoms with E-state index in [2.05, 4.69) is 61.7 Å². The highest BCUT2D eigenvalue weighted by molar-refractivity contribution is 7.99. The molecule has 128 valence electrons. The van der Waals surface area contributed by atoms with Crippen molar-refractivity contribution in [3.8, 4) is 0 Å². The lowest BCUT2D eigenvalue weighted by atomic mass is 10.1. The highest BCUT2D eigenvalue weighted by Gasteiger charge is 2.06. The van der Waals surface area contributed by atoms with Gasteiger partial charge in [0.05, 0.1) is 0 Å². The maximum absolute atomic E-state index is 5.91. The molecule has 2 N–H and O–H groups in total. The molecular formula is C19H23ClN2S2. The van der Waals surface area contributed by atoms with E-state index in [0.717, 1.165) is 23.0 Å². The van der Waals surface area contributed by atoms with Crippen LogP contribution in [0.3, 0.4) is 0 Å². The van der Waals surface area contributed by atoms with Crippen LogP contribution < -0.4 is 10.6 Å². The predicted molar refractivity (Wildman–Crippen MR) is 111 cm³/mol. The lowest BCUT2D eigenvalue weighted by Crippen LogP contribution is -2.33. The minimum Gasteiger partial charge on any atom is -0.362 e. The molecule has 2 rings (SSSR count). The second-order valence-corrected chi connectivity index (χ2v) is 7.96. The second-order valence-electron chi connectivity index (χ2n) is 6.02. The van der Waals surface area contributed by atoms with E-state index in [-0.39, 0.29) is 0 Å². The van der Waals surface area contributed by atoms with Crippen LogP contribution in [0.25, 0.3) is 0 Å². The van der Waals surface area contributed by atoms with Crippen LogP contribution in [-0.2, 0) is 0 Å². The molecule has 1 unspecified atom stereocenters. The highest BCUT2D eigenvalue weighted by atomic mass is 35.5. The largest absolute Gasteiger partial charge is 0.362 e. The normalized spacial score (nSPS) is 11.8. The second kappa shape index (κ2) is 9.30. The first-order valence-electron chi connectivity index (χ1n) is 7.94. The third-order valence-electron chi connectivity index (χ3n) is 3.60. The van der Waals surface area contributed by atoms with Gasteiger partial charge in [0.15, 0.2) is 5.11 Å². The van der Waals surface area contributed by atoms with Crippen LogP contribution in [0.2, 0.25) is 5.02 Å². The number of halogens is 1. The quantitative estimate of drug-likeness (QED) is 0.499. The van der Waals surface area contributed by atoms with Crippen molar-refractivity contribution in [3.05, 3.63) is 58.6 Å². The summed E-state index contributed by atoms with van der Waals surface area (Å²) < 4.78 is 0. The predicted octanol–water partition coefficient (Wildman–Crippen LogP) is 5.67. The molecule has 2 aromatic carbocycles. The van der Waals surface area contributed by atoms with E-state index in [1.165, 1.54) is 16.0 Å². The van der Waals surface area contributed by atoms with E-state index < -0.39 is 0 Å². The van der Waals surface area contributed by atoms with E-state index in [1.54, 1.807) is 0 Å². The fraction of sp³-hybridized carbons (Fsp3) is 0.316. The Morgan fingerprint density at radius 3 is 2.58 bits per heavy atom. The van der Waals surface area contributed by atoms with Gasteiger partial charge in [-0.3, -0.25) is 0 Å². The van der Waals surface area contributed by atoms with Gasteiger partial charge in [0.1, 0.15) is 0 Å². The summed E-state index contributed by atoms with van der Waals surface area (Å²) in [5.41, 5.74) is 3.48. The molecule has 5 heteroatoms. The van der Waals surface area contributed by atoms with Gasteiger partial charge in [-0.2, -0.15) is 0 Å².